The van der Waals surface area contributed by atoms with Gasteiger partial charge in [-0.2, -0.15) is 0 Å². The van der Waals surface area contributed by atoms with Crippen LogP contribution in [0.4, 0.5) is 10.1 Å². The molecule has 1 aromatic carbocycles. The van der Waals surface area contributed by atoms with Gasteiger partial charge in [-0.1, -0.05) is 19.1 Å². The van der Waals surface area contributed by atoms with Crippen molar-refractivity contribution in [1.29, 1.82) is 0 Å². The van der Waals surface area contributed by atoms with E-state index < -0.39 is 17.6 Å². The van der Waals surface area contributed by atoms with E-state index in [2.05, 4.69) is 10.6 Å². The van der Waals surface area contributed by atoms with Crippen LogP contribution in [-0.2, 0) is 9.59 Å². The van der Waals surface area contributed by atoms with Gasteiger partial charge in [-0.15, -0.1) is 11.3 Å². The number of aryl methyl sites for hydroxylation is 1. The standard InChI is InChI=1S/C16H17FN2O2S/c1-10-5-6-13(12(17)8-10)19-16(21)15(20)18-9-11(2)14-4-3-7-22-14/h3-8,11H,9H2,1-2H3,(H,18,20)(H,19,21)/t11-/m1/s1. The lowest BCUT2D eigenvalue weighted by Crippen LogP contribution is -2.37. The van der Waals surface area contributed by atoms with Crippen molar-refractivity contribution in [3.05, 3.63) is 52.0 Å². The highest BCUT2D eigenvalue weighted by atomic mass is 32.1. The van der Waals surface area contributed by atoms with Gasteiger partial charge in [0.15, 0.2) is 0 Å². The Balaban J connectivity index is 1.88. The summed E-state index contributed by atoms with van der Waals surface area (Å²) in [4.78, 5) is 24.6. The number of thiophene rings is 1. The fourth-order valence-corrected chi connectivity index (χ4v) is 2.69. The molecular formula is C16H17FN2O2S. The first-order valence-corrected chi connectivity index (χ1v) is 7.74. The highest BCUT2D eigenvalue weighted by molar-refractivity contribution is 7.10. The van der Waals surface area contributed by atoms with Crippen molar-refractivity contribution in [1.82, 2.24) is 5.32 Å². The number of rotatable bonds is 4. The molecule has 0 aliphatic carbocycles. The van der Waals surface area contributed by atoms with Crippen molar-refractivity contribution in [2.45, 2.75) is 19.8 Å². The van der Waals surface area contributed by atoms with Crippen molar-refractivity contribution in [2.24, 2.45) is 0 Å². The van der Waals surface area contributed by atoms with Crippen LogP contribution >= 0.6 is 11.3 Å². The first kappa shape index (κ1) is 16.2. The lowest BCUT2D eigenvalue weighted by molar-refractivity contribution is -0.136. The number of amides is 2. The Morgan fingerprint density at radius 1 is 1.27 bits per heavy atom. The van der Waals surface area contributed by atoms with Gasteiger partial charge in [0.1, 0.15) is 5.82 Å². The van der Waals surface area contributed by atoms with E-state index in [4.69, 9.17) is 0 Å². The lowest BCUT2D eigenvalue weighted by Gasteiger charge is -2.11. The molecule has 0 unspecified atom stereocenters. The van der Waals surface area contributed by atoms with Crippen LogP contribution in [-0.4, -0.2) is 18.4 Å². The van der Waals surface area contributed by atoms with E-state index in [1.165, 1.54) is 12.1 Å². The molecular weight excluding hydrogens is 303 g/mol. The zero-order valence-electron chi connectivity index (χ0n) is 12.4. The van der Waals surface area contributed by atoms with E-state index in [1.54, 1.807) is 24.3 Å². The van der Waals surface area contributed by atoms with E-state index in [0.29, 0.717) is 6.54 Å². The summed E-state index contributed by atoms with van der Waals surface area (Å²) in [6.45, 7) is 4.06. The zero-order chi connectivity index (χ0) is 16.1. The smallest absolute Gasteiger partial charge is 0.313 e. The summed E-state index contributed by atoms with van der Waals surface area (Å²) in [5, 5.41) is 6.79. The SMILES string of the molecule is Cc1ccc(NC(=O)C(=O)NC[C@@H](C)c2cccs2)c(F)c1. The van der Waals surface area contributed by atoms with Crippen LogP contribution in [0, 0.1) is 12.7 Å². The Bertz CT molecular complexity index is 671. The summed E-state index contributed by atoms with van der Waals surface area (Å²) in [5.74, 6) is -2.09. The van der Waals surface area contributed by atoms with E-state index >= 15 is 0 Å². The maximum absolute atomic E-state index is 13.6. The fraction of sp³-hybridized carbons (Fsp3) is 0.250. The Labute approximate surface area is 132 Å². The number of hydrogen-bond acceptors (Lipinski definition) is 3. The summed E-state index contributed by atoms with van der Waals surface area (Å²) in [6, 6.07) is 8.31. The molecule has 1 atom stereocenters. The minimum absolute atomic E-state index is 0.00273. The third-order valence-electron chi connectivity index (χ3n) is 3.18. The number of benzene rings is 1. The van der Waals surface area contributed by atoms with Gasteiger partial charge in [0.25, 0.3) is 0 Å². The molecule has 1 aromatic heterocycles. The van der Waals surface area contributed by atoms with Crippen LogP contribution in [0.1, 0.15) is 23.3 Å². The Morgan fingerprint density at radius 2 is 2.05 bits per heavy atom. The monoisotopic (exact) mass is 320 g/mol. The number of hydrogen-bond donors (Lipinski definition) is 2. The van der Waals surface area contributed by atoms with Crippen molar-refractivity contribution < 1.29 is 14.0 Å². The van der Waals surface area contributed by atoms with Crippen LogP contribution in [0.15, 0.2) is 35.7 Å². The quantitative estimate of drug-likeness (QED) is 0.851. The minimum Gasteiger partial charge on any atom is -0.347 e. The summed E-state index contributed by atoms with van der Waals surface area (Å²) >= 11 is 1.60. The second-order valence-corrected chi connectivity index (χ2v) is 6.04. The van der Waals surface area contributed by atoms with Gasteiger partial charge in [0.2, 0.25) is 0 Å². The Morgan fingerprint density at radius 3 is 2.68 bits per heavy atom. The first-order valence-electron chi connectivity index (χ1n) is 6.86. The zero-order valence-corrected chi connectivity index (χ0v) is 13.2. The third kappa shape index (κ3) is 4.14. The second kappa shape index (κ2) is 7.17. The highest BCUT2D eigenvalue weighted by Crippen LogP contribution is 2.19. The van der Waals surface area contributed by atoms with Crippen molar-refractivity contribution in [3.63, 3.8) is 0 Å². The molecule has 0 aliphatic heterocycles. The van der Waals surface area contributed by atoms with Gasteiger partial charge in [0, 0.05) is 17.3 Å². The highest BCUT2D eigenvalue weighted by Gasteiger charge is 2.17. The molecule has 2 N–H and O–H groups in total. The number of anilines is 1. The molecule has 0 spiro atoms. The first-order chi connectivity index (χ1) is 10.5. The predicted octanol–water partition coefficient (Wildman–Crippen LogP) is 3.05. The van der Waals surface area contributed by atoms with Crippen LogP contribution in [0.25, 0.3) is 0 Å². The molecule has 6 heteroatoms. The van der Waals surface area contributed by atoms with E-state index in [9.17, 15) is 14.0 Å². The molecule has 0 saturated heterocycles. The molecule has 22 heavy (non-hydrogen) atoms. The Hall–Kier alpha value is -2.21. The van der Waals surface area contributed by atoms with Crippen molar-refractivity contribution in [3.8, 4) is 0 Å². The molecule has 0 aliphatic rings. The predicted molar refractivity (Wildman–Crippen MR) is 85.5 cm³/mol. The van der Waals surface area contributed by atoms with Gasteiger partial charge < -0.3 is 10.6 Å². The van der Waals surface area contributed by atoms with E-state index in [0.717, 1.165) is 10.4 Å². The fourth-order valence-electron chi connectivity index (χ4n) is 1.90. The number of carbonyl (C=O) groups excluding carboxylic acids is 2. The Kier molecular flexibility index (Phi) is 5.27. The van der Waals surface area contributed by atoms with Gasteiger partial charge in [-0.05, 0) is 36.1 Å². The third-order valence-corrected chi connectivity index (χ3v) is 4.28. The van der Waals surface area contributed by atoms with Crippen molar-refractivity contribution in [2.75, 3.05) is 11.9 Å². The van der Waals surface area contributed by atoms with Gasteiger partial charge in [-0.25, -0.2) is 4.39 Å². The summed E-state index contributed by atoms with van der Waals surface area (Å²) < 4.78 is 13.6. The average molecular weight is 320 g/mol. The minimum atomic E-state index is -0.874. The van der Waals surface area contributed by atoms with Crippen molar-refractivity contribution >= 4 is 28.8 Å². The maximum atomic E-state index is 13.6. The van der Waals surface area contributed by atoms with Gasteiger partial charge in [0.05, 0.1) is 5.69 Å². The van der Waals surface area contributed by atoms with Gasteiger partial charge >= 0.3 is 11.8 Å². The number of halogens is 1. The molecule has 0 fully saturated rings. The van der Waals surface area contributed by atoms with Crippen LogP contribution in [0.5, 0.6) is 0 Å². The summed E-state index contributed by atoms with van der Waals surface area (Å²) in [7, 11) is 0. The van der Waals surface area contributed by atoms with E-state index in [1.807, 2.05) is 24.4 Å². The summed E-state index contributed by atoms with van der Waals surface area (Å²) in [5.41, 5.74) is 0.738. The lowest BCUT2D eigenvalue weighted by atomic mass is 10.1. The van der Waals surface area contributed by atoms with Crippen LogP contribution < -0.4 is 10.6 Å². The molecule has 116 valence electrons. The van der Waals surface area contributed by atoms with E-state index in [-0.39, 0.29) is 11.6 Å². The van der Waals surface area contributed by atoms with Crippen LogP contribution in [0.2, 0.25) is 0 Å². The summed E-state index contributed by atoms with van der Waals surface area (Å²) in [6.07, 6.45) is 0. The van der Waals surface area contributed by atoms with Crippen LogP contribution in [0.3, 0.4) is 0 Å². The topological polar surface area (TPSA) is 58.2 Å². The molecule has 0 radical (unpaired) electrons. The molecule has 0 saturated carbocycles. The average Bonchev–Trinajstić information content (AvgIpc) is 3.01. The number of nitrogens with one attached hydrogen (secondary N) is 2. The maximum Gasteiger partial charge on any atom is 0.313 e. The molecule has 2 aromatic rings. The molecule has 2 amide bonds. The normalized spacial score (nSPS) is 11.8. The number of carbonyl (C=O) groups is 2. The second-order valence-electron chi connectivity index (χ2n) is 5.06. The van der Waals surface area contributed by atoms with Gasteiger partial charge in [-0.3, -0.25) is 9.59 Å². The largest absolute Gasteiger partial charge is 0.347 e. The molecule has 0 bridgehead atoms. The molecule has 4 nitrogen and oxygen atoms in total. The molecule has 2 rings (SSSR count). The molecule has 1 heterocycles.